The van der Waals surface area contributed by atoms with Gasteiger partial charge in [-0.2, -0.15) is 5.10 Å². The number of phenols is 1. The van der Waals surface area contributed by atoms with Gasteiger partial charge in [0.15, 0.2) is 0 Å². The van der Waals surface area contributed by atoms with E-state index in [-0.39, 0.29) is 18.1 Å². The number of carbonyl (C=O) groups excluding carboxylic acids is 1. The molecule has 0 heterocycles. The van der Waals surface area contributed by atoms with Crippen LogP contribution in [0.3, 0.4) is 0 Å². The van der Waals surface area contributed by atoms with Crippen molar-refractivity contribution in [3.63, 3.8) is 0 Å². The summed E-state index contributed by atoms with van der Waals surface area (Å²) in [7, 11) is 0. The van der Waals surface area contributed by atoms with E-state index in [9.17, 15) is 9.90 Å². The Hall–Kier alpha value is -2.24. The first-order chi connectivity index (χ1) is 11.5. The molecular formula is C17H16Cl2N2O3. The molecule has 0 aliphatic heterocycles. The van der Waals surface area contributed by atoms with Crippen LogP contribution in [0.4, 0.5) is 0 Å². The Morgan fingerprint density at radius 2 is 2.08 bits per heavy atom. The van der Waals surface area contributed by atoms with E-state index in [0.717, 1.165) is 0 Å². The minimum absolute atomic E-state index is 0.142. The molecule has 2 aromatic rings. The van der Waals surface area contributed by atoms with Crippen molar-refractivity contribution in [2.75, 3.05) is 6.61 Å². The maximum Gasteiger partial charge on any atom is 0.240 e. The van der Waals surface area contributed by atoms with Crippen LogP contribution in [0.25, 0.3) is 0 Å². The maximum atomic E-state index is 11.6. The van der Waals surface area contributed by atoms with Crippen molar-refractivity contribution >= 4 is 35.3 Å². The largest absolute Gasteiger partial charge is 0.508 e. The molecule has 0 saturated carbocycles. The molecule has 0 saturated heterocycles. The number of ether oxygens (including phenoxy) is 1. The lowest BCUT2D eigenvalue weighted by molar-refractivity contribution is -0.121. The summed E-state index contributed by atoms with van der Waals surface area (Å²) in [6.45, 7) is 0.352. The summed E-state index contributed by atoms with van der Waals surface area (Å²) < 4.78 is 5.49. The van der Waals surface area contributed by atoms with Gasteiger partial charge < -0.3 is 9.84 Å². The third-order valence-corrected chi connectivity index (χ3v) is 3.50. The minimum Gasteiger partial charge on any atom is -0.508 e. The lowest BCUT2D eigenvalue weighted by atomic mass is 10.2. The summed E-state index contributed by atoms with van der Waals surface area (Å²) >= 11 is 11.8. The Morgan fingerprint density at radius 1 is 1.25 bits per heavy atom. The van der Waals surface area contributed by atoms with Gasteiger partial charge in [0.1, 0.15) is 11.5 Å². The molecule has 0 aromatic heterocycles. The number of aromatic hydroxyl groups is 1. The molecule has 2 aromatic carbocycles. The molecule has 0 unspecified atom stereocenters. The topological polar surface area (TPSA) is 70.9 Å². The summed E-state index contributed by atoms with van der Waals surface area (Å²) in [6.07, 6.45) is 2.25. The van der Waals surface area contributed by atoms with Crippen LogP contribution in [0.15, 0.2) is 47.6 Å². The van der Waals surface area contributed by atoms with Crippen molar-refractivity contribution in [1.82, 2.24) is 5.43 Å². The molecule has 5 nitrogen and oxygen atoms in total. The van der Waals surface area contributed by atoms with Gasteiger partial charge in [0.25, 0.3) is 0 Å². The standard InChI is InChI=1S/C17H16Cl2N2O3/c18-13-6-7-16(15(19)10-13)24-8-2-5-17(23)21-20-11-12-3-1-4-14(22)9-12/h1,3-4,6-7,9-11,22H,2,5,8H2,(H,21,23)/b20-11-. The van der Waals surface area contributed by atoms with E-state index in [4.69, 9.17) is 27.9 Å². The van der Waals surface area contributed by atoms with E-state index >= 15 is 0 Å². The molecule has 7 heteroatoms. The predicted molar refractivity (Wildman–Crippen MR) is 95.0 cm³/mol. The van der Waals surface area contributed by atoms with Gasteiger partial charge >= 0.3 is 0 Å². The summed E-state index contributed by atoms with van der Waals surface area (Å²) in [5.74, 6) is 0.448. The van der Waals surface area contributed by atoms with Crippen LogP contribution < -0.4 is 10.2 Å². The Morgan fingerprint density at radius 3 is 2.83 bits per heavy atom. The summed E-state index contributed by atoms with van der Waals surface area (Å²) in [6, 6.07) is 11.5. The number of halogens is 2. The Balaban J connectivity index is 1.68. The fraction of sp³-hybridized carbons (Fsp3) is 0.176. The molecule has 0 atom stereocenters. The number of carbonyl (C=O) groups is 1. The quantitative estimate of drug-likeness (QED) is 0.441. The molecule has 0 radical (unpaired) electrons. The Labute approximate surface area is 149 Å². The van der Waals surface area contributed by atoms with Crippen molar-refractivity contribution in [3.8, 4) is 11.5 Å². The predicted octanol–water partition coefficient (Wildman–Crippen LogP) is 4.01. The lowest BCUT2D eigenvalue weighted by Crippen LogP contribution is -2.18. The first-order valence-corrected chi connectivity index (χ1v) is 7.99. The zero-order valence-electron chi connectivity index (χ0n) is 12.7. The highest BCUT2D eigenvalue weighted by atomic mass is 35.5. The van der Waals surface area contributed by atoms with Gasteiger partial charge in [0.2, 0.25) is 5.91 Å². The van der Waals surface area contributed by atoms with E-state index < -0.39 is 0 Å². The van der Waals surface area contributed by atoms with Crippen molar-refractivity contribution in [3.05, 3.63) is 58.1 Å². The van der Waals surface area contributed by atoms with E-state index in [2.05, 4.69) is 10.5 Å². The van der Waals surface area contributed by atoms with Crippen LogP contribution in [-0.4, -0.2) is 23.8 Å². The number of amides is 1. The second-order valence-corrected chi connectivity index (χ2v) is 5.76. The summed E-state index contributed by atoms with van der Waals surface area (Å²) in [4.78, 5) is 11.6. The molecule has 2 N–H and O–H groups in total. The van der Waals surface area contributed by atoms with Crippen molar-refractivity contribution in [2.24, 2.45) is 5.10 Å². The van der Waals surface area contributed by atoms with Crippen molar-refractivity contribution < 1.29 is 14.6 Å². The number of hydrogen-bond donors (Lipinski definition) is 2. The summed E-state index contributed by atoms with van der Waals surface area (Å²) in [5, 5.41) is 14.1. The summed E-state index contributed by atoms with van der Waals surface area (Å²) in [5.41, 5.74) is 3.11. The monoisotopic (exact) mass is 366 g/mol. The molecule has 0 aliphatic carbocycles. The third kappa shape index (κ3) is 6.10. The van der Waals surface area contributed by atoms with Gasteiger partial charge in [0, 0.05) is 11.4 Å². The molecule has 0 spiro atoms. The smallest absolute Gasteiger partial charge is 0.240 e. The average molecular weight is 367 g/mol. The van der Waals surface area contributed by atoms with E-state index in [1.165, 1.54) is 6.21 Å². The molecule has 126 valence electrons. The normalized spacial score (nSPS) is 10.8. The highest BCUT2D eigenvalue weighted by Crippen LogP contribution is 2.27. The molecular weight excluding hydrogens is 351 g/mol. The highest BCUT2D eigenvalue weighted by molar-refractivity contribution is 6.35. The van der Waals surface area contributed by atoms with Gasteiger partial charge in [0.05, 0.1) is 17.8 Å². The first-order valence-electron chi connectivity index (χ1n) is 7.23. The zero-order valence-corrected chi connectivity index (χ0v) is 14.2. The van der Waals surface area contributed by atoms with Crippen LogP contribution in [0.2, 0.25) is 10.0 Å². The van der Waals surface area contributed by atoms with E-state index in [1.807, 2.05) is 0 Å². The minimum atomic E-state index is -0.225. The van der Waals surface area contributed by atoms with Gasteiger partial charge in [-0.25, -0.2) is 5.43 Å². The molecule has 0 bridgehead atoms. The van der Waals surface area contributed by atoms with Crippen molar-refractivity contribution in [2.45, 2.75) is 12.8 Å². The number of benzene rings is 2. The molecule has 0 fully saturated rings. The first kappa shape index (κ1) is 18.1. The second-order valence-electron chi connectivity index (χ2n) is 4.91. The maximum absolute atomic E-state index is 11.6. The highest BCUT2D eigenvalue weighted by Gasteiger charge is 2.04. The van der Waals surface area contributed by atoms with Crippen LogP contribution >= 0.6 is 23.2 Å². The third-order valence-electron chi connectivity index (χ3n) is 2.97. The van der Waals surface area contributed by atoms with Crippen LogP contribution in [0.1, 0.15) is 18.4 Å². The molecule has 24 heavy (non-hydrogen) atoms. The van der Waals surface area contributed by atoms with Gasteiger partial charge in [-0.15, -0.1) is 0 Å². The van der Waals surface area contributed by atoms with Crippen LogP contribution in [0.5, 0.6) is 11.5 Å². The fourth-order valence-electron chi connectivity index (χ4n) is 1.85. The number of phenolic OH excluding ortho intramolecular Hbond substituents is 1. The molecule has 2 rings (SSSR count). The second kappa shape index (κ2) is 9.15. The van der Waals surface area contributed by atoms with E-state index in [0.29, 0.717) is 34.4 Å². The molecule has 0 aliphatic rings. The Bertz CT molecular complexity index is 736. The van der Waals surface area contributed by atoms with Gasteiger partial charge in [-0.05, 0) is 42.3 Å². The fourth-order valence-corrected chi connectivity index (χ4v) is 2.31. The number of nitrogens with one attached hydrogen (secondary N) is 1. The zero-order chi connectivity index (χ0) is 17.4. The number of nitrogens with zero attached hydrogens (tertiary/aromatic N) is 1. The van der Waals surface area contributed by atoms with Crippen LogP contribution in [0, 0.1) is 0 Å². The van der Waals surface area contributed by atoms with E-state index in [1.54, 1.807) is 42.5 Å². The SMILES string of the molecule is O=C(CCCOc1ccc(Cl)cc1Cl)N/N=C\c1cccc(O)c1. The van der Waals surface area contributed by atoms with Gasteiger partial charge in [-0.1, -0.05) is 35.3 Å². The van der Waals surface area contributed by atoms with Gasteiger partial charge in [-0.3, -0.25) is 4.79 Å². The molecule has 1 amide bonds. The number of rotatable bonds is 7. The van der Waals surface area contributed by atoms with Crippen molar-refractivity contribution in [1.29, 1.82) is 0 Å². The average Bonchev–Trinajstić information content (AvgIpc) is 2.53. The Kier molecular flexibility index (Phi) is 6.90. The number of hydrazone groups is 1. The number of hydrogen-bond acceptors (Lipinski definition) is 4. The lowest BCUT2D eigenvalue weighted by Gasteiger charge is -2.07. The van der Waals surface area contributed by atoms with Crippen LogP contribution in [-0.2, 0) is 4.79 Å².